The number of para-hydroxylation sites is 1. The second-order valence-corrected chi connectivity index (χ2v) is 23.5. The van der Waals surface area contributed by atoms with Crippen molar-refractivity contribution in [3.05, 3.63) is 36.0 Å². The molecule has 37 heteroatoms. The summed E-state index contributed by atoms with van der Waals surface area (Å²) in [7, 11) is 0. The molecule has 37 nitrogen and oxygen atoms in total. The fourth-order valence-electron chi connectivity index (χ4n) is 9.06. The van der Waals surface area contributed by atoms with Crippen LogP contribution in [0.3, 0.4) is 0 Å². The molecule has 0 aliphatic carbocycles. The highest BCUT2D eigenvalue weighted by molar-refractivity contribution is 6.00. The van der Waals surface area contributed by atoms with Crippen molar-refractivity contribution in [2.24, 2.45) is 39.4 Å². The van der Waals surface area contributed by atoms with Crippen molar-refractivity contribution in [3.8, 4) is 0 Å². The number of unbranched alkanes of at least 4 members (excludes halogenated alkanes) is 2. The first-order chi connectivity index (χ1) is 45.5. The van der Waals surface area contributed by atoms with Gasteiger partial charge in [0.2, 0.25) is 82.7 Å². The van der Waals surface area contributed by atoms with Crippen LogP contribution in [0.5, 0.6) is 0 Å². The maximum Gasteiger partial charge on any atom is 0.305 e. The van der Waals surface area contributed by atoms with Crippen molar-refractivity contribution in [3.63, 3.8) is 0 Å². The van der Waals surface area contributed by atoms with Gasteiger partial charge in [0.1, 0.15) is 78.5 Å². The molecule has 0 spiro atoms. The molecule has 540 valence electrons. The molecule has 0 aliphatic rings. The molecule has 14 atom stereocenters. The number of carboxylic acids is 1. The molecule has 1 heterocycles. The maximum atomic E-state index is 13.6. The first-order valence-electron chi connectivity index (χ1n) is 31.7. The third-order valence-electron chi connectivity index (χ3n) is 15.0. The second kappa shape index (κ2) is 41.7. The van der Waals surface area contributed by atoms with Crippen molar-refractivity contribution in [2.45, 2.75) is 211 Å². The van der Waals surface area contributed by atoms with E-state index in [1.54, 1.807) is 6.20 Å². The van der Waals surface area contributed by atoms with Crippen molar-refractivity contribution in [1.29, 1.82) is 0 Å². The van der Waals surface area contributed by atoms with Gasteiger partial charge >= 0.3 is 5.97 Å². The number of benzene rings is 1. The number of rotatable bonds is 43. The quantitative estimate of drug-likeness (QED) is 0.0167. The minimum absolute atomic E-state index is 0.0148. The van der Waals surface area contributed by atoms with Gasteiger partial charge in [-0.15, -0.1) is 0 Å². The number of nitrogens with one attached hydrogen (secondary N) is 14. The number of carbonyl (C=O) groups excluding carboxylic acids is 14. The first-order valence-corrected chi connectivity index (χ1v) is 31.7. The topological polar surface area (TPSA) is 617 Å². The van der Waals surface area contributed by atoms with E-state index in [0.717, 1.165) is 16.5 Å². The molecule has 0 bridgehead atoms. The van der Waals surface area contributed by atoms with E-state index in [4.69, 9.17) is 34.4 Å². The number of nitrogens with zero attached hydrogens (tertiary/aromatic N) is 1. The molecule has 0 saturated carbocycles. The number of amides is 14. The molecular formula is C60H99N21O16. The number of carboxylic acid groups (broad SMARTS) is 1. The zero-order chi connectivity index (χ0) is 73.4. The number of H-pyrrole nitrogens is 1. The smallest absolute Gasteiger partial charge is 0.305 e. The number of carbonyl (C=O) groups is 15. The Hall–Kier alpha value is -10.0. The van der Waals surface area contributed by atoms with Crippen LogP contribution in [0.2, 0.25) is 0 Å². The van der Waals surface area contributed by atoms with Crippen LogP contribution in [0.4, 0.5) is 0 Å². The highest BCUT2D eigenvalue weighted by Crippen LogP contribution is 2.19. The van der Waals surface area contributed by atoms with Gasteiger partial charge < -0.3 is 114 Å². The van der Waals surface area contributed by atoms with Crippen LogP contribution in [0.15, 0.2) is 35.5 Å². The van der Waals surface area contributed by atoms with Gasteiger partial charge in [0.15, 0.2) is 5.96 Å². The molecule has 2 rings (SSSR count). The Balaban J connectivity index is 1.99. The summed E-state index contributed by atoms with van der Waals surface area (Å²) >= 11 is 0. The Kier molecular flexibility index (Phi) is 35.7. The Bertz CT molecular complexity index is 3120. The van der Waals surface area contributed by atoms with Gasteiger partial charge in [0, 0.05) is 23.6 Å². The van der Waals surface area contributed by atoms with Gasteiger partial charge in [-0.2, -0.15) is 0 Å². The molecule has 1 aromatic carbocycles. The third kappa shape index (κ3) is 29.6. The van der Waals surface area contributed by atoms with Gasteiger partial charge in [-0.25, -0.2) is 0 Å². The Morgan fingerprint density at radius 2 is 0.722 bits per heavy atom. The molecule has 0 fully saturated rings. The Morgan fingerprint density at radius 1 is 0.412 bits per heavy atom. The number of hydrogen-bond acceptors (Lipinski definition) is 19. The van der Waals surface area contributed by atoms with E-state index in [0.29, 0.717) is 38.8 Å². The monoisotopic (exact) mass is 1370 g/mol. The van der Waals surface area contributed by atoms with Gasteiger partial charge in [0.25, 0.3) is 0 Å². The van der Waals surface area contributed by atoms with Gasteiger partial charge in [0.05, 0.1) is 12.5 Å². The van der Waals surface area contributed by atoms with E-state index in [9.17, 15) is 77.0 Å². The zero-order valence-electron chi connectivity index (χ0n) is 56.1. The highest BCUT2D eigenvalue weighted by Gasteiger charge is 2.34. The number of aliphatic imine (C=N–C) groups is 1. The average Bonchev–Trinajstić information content (AvgIpc) is 1.52. The van der Waals surface area contributed by atoms with Crippen LogP contribution in [0.1, 0.15) is 126 Å². The number of nitrogens with two attached hydrogens (primary N) is 6. The second-order valence-electron chi connectivity index (χ2n) is 23.5. The maximum absolute atomic E-state index is 13.6. The van der Waals surface area contributed by atoms with Crippen LogP contribution < -0.4 is 104 Å². The summed E-state index contributed by atoms with van der Waals surface area (Å²) in [6.45, 7) is 12.1. The van der Waals surface area contributed by atoms with Gasteiger partial charge in [-0.05, 0) is 145 Å². The summed E-state index contributed by atoms with van der Waals surface area (Å²) in [5.74, 6) is -14.0. The summed E-state index contributed by atoms with van der Waals surface area (Å²) in [4.78, 5) is 203. The van der Waals surface area contributed by atoms with E-state index in [1.165, 1.54) is 62.3 Å². The highest BCUT2D eigenvalue weighted by atomic mass is 16.4. The number of primary amides is 1. The zero-order valence-corrected chi connectivity index (χ0v) is 56.1. The number of hydrogen-bond donors (Lipinski definition) is 21. The van der Waals surface area contributed by atoms with Crippen molar-refractivity contribution >= 4 is 106 Å². The largest absolute Gasteiger partial charge is 0.481 e. The fourth-order valence-corrected chi connectivity index (χ4v) is 9.06. The van der Waals surface area contributed by atoms with Crippen molar-refractivity contribution in [2.75, 3.05) is 19.6 Å². The van der Waals surface area contributed by atoms with E-state index in [-0.39, 0.29) is 44.6 Å². The standard InChI is InChI=1S/C60H99N21O16/c1-28(47(85)72-34(7)53(91)78-41(46(64)84)19-12-14-22-61)69-51(89)32(5)76-58(96)43(21-16-24-67-60(65)66)79-54(92)35(8)73-48(86)29(2)71-52(90)33(6)77-59(97)44(26-45(82)83)81-55(93)36(9)74-49(87)30(3)70-50(88)31(4)75-57(95)42(20-13-15-23-62)80-56(94)39(63)25-37-27-68-40-18-11-10-17-38(37)40/h10-11,17-18,27-36,39,41-44,68H,12-16,19-26,61-63H2,1-9H3,(H2,64,84)(H,69,89)(H,70,88)(H,71,90)(H,72,85)(H,73,86)(H,74,87)(H,75,95)(H,76,96)(H,77,97)(H,78,91)(H,79,92)(H,80,94)(H,81,93)(H,82,83)(H4,65,66,67)/t28-,29-,30-,31-,32-,33-,34-,35-,36-,39-,41-,42-,43-,44-/m0/s1. The Labute approximate surface area is 561 Å². The third-order valence-corrected chi connectivity index (χ3v) is 15.0. The molecule has 0 radical (unpaired) electrons. The predicted octanol–water partition coefficient (Wildman–Crippen LogP) is -7.21. The number of aromatic nitrogens is 1. The summed E-state index contributed by atoms with van der Waals surface area (Å²) in [5.41, 5.74) is 35.3. The summed E-state index contributed by atoms with van der Waals surface area (Å²) in [5, 5.41) is 41.8. The van der Waals surface area contributed by atoms with Crippen LogP contribution >= 0.6 is 0 Å². The number of guanidine groups is 1. The molecule has 27 N–H and O–H groups in total. The number of aromatic amines is 1. The summed E-state index contributed by atoms with van der Waals surface area (Å²) in [6, 6.07) is -10.9. The number of fused-ring (bicyclic) bond motifs is 1. The first kappa shape index (κ1) is 83.1. The van der Waals surface area contributed by atoms with Crippen LogP contribution in [-0.2, 0) is 78.3 Å². The van der Waals surface area contributed by atoms with Gasteiger partial charge in [-0.1, -0.05) is 18.2 Å². The lowest BCUT2D eigenvalue weighted by molar-refractivity contribution is -0.141. The lowest BCUT2D eigenvalue weighted by Gasteiger charge is -2.25. The number of aliphatic carboxylic acids is 1. The van der Waals surface area contributed by atoms with Crippen LogP contribution in [-0.4, -0.2) is 209 Å². The Morgan fingerprint density at radius 3 is 1.08 bits per heavy atom. The van der Waals surface area contributed by atoms with Crippen molar-refractivity contribution in [1.82, 2.24) is 74.1 Å². The van der Waals surface area contributed by atoms with E-state index < -0.39 is 180 Å². The average molecular weight is 1370 g/mol. The lowest BCUT2D eigenvalue weighted by atomic mass is 10.0. The summed E-state index contributed by atoms with van der Waals surface area (Å²) < 4.78 is 0. The molecule has 2 aromatic rings. The van der Waals surface area contributed by atoms with E-state index in [1.807, 2.05) is 24.3 Å². The van der Waals surface area contributed by atoms with Crippen LogP contribution in [0.25, 0.3) is 10.9 Å². The molecule has 1 aromatic heterocycles. The van der Waals surface area contributed by atoms with Crippen molar-refractivity contribution < 1.29 is 77.0 Å². The normalized spacial score (nSPS) is 15.3. The molecule has 0 unspecified atom stereocenters. The van der Waals surface area contributed by atoms with E-state index >= 15 is 0 Å². The fraction of sp³-hybridized carbons (Fsp3) is 0.600. The molecule has 0 aliphatic heterocycles. The molecule has 97 heavy (non-hydrogen) atoms. The molecule has 0 saturated heterocycles. The van der Waals surface area contributed by atoms with E-state index in [2.05, 4.69) is 79.1 Å². The predicted molar refractivity (Wildman–Crippen MR) is 353 cm³/mol. The summed E-state index contributed by atoms with van der Waals surface area (Å²) in [6.07, 6.45) is 3.38. The molecular weight excluding hydrogens is 1270 g/mol. The minimum atomic E-state index is -1.83. The lowest BCUT2D eigenvalue weighted by Crippen LogP contribution is -2.59. The minimum Gasteiger partial charge on any atom is -0.481 e. The SMILES string of the molecule is C[C@H](NC(=O)[C@H](C)NC(=O)[C@H](CCCN=C(N)N)NC(=O)[C@H](C)NC(=O)[C@H](C)NC(=O)[C@H](C)NC(=O)[C@H](CC(=O)O)NC(=O)[C@H](C)NC(=O)[C@H](C)NC(=O)[C@H](C)NC(=O)[C@H](CCCCN)NC(=O)[C@@H](N)Cc1c[nH]c2ccccc12)C(=O)N[C@@H](C)C(=O)N[C@@H](CCCCN)C(N)=O. The van der Waals surface area contributed by atoms with Crippen LogP contribution in [0, 0.1) is 0 Å². The van der Waals surface area contributed by atoms with Gasteiger partial charge in [-0.3, -0.25) is 76.9 Å². The molecule has 14 amide bonds.